The average Bonchev–Trinajstić information content (AvgIpc) is 2.76. The Morgan fingerprint density at radius 2 is 2.20 bits per heavy atom. The minimum Gasteiger partial charge on any atom is -0.364 e. The molecule has 0 aliphatic rings. The van der Waals surface area contributed by atoms with Gasteiger partial charge in [0.05, 0.1) is 5.69 Å². The van der Waals surface area contributed by atoms with Crippen molar-refractivity contribution in [3.05, 3.63) is 18.0 Å². The number of hydrogen-bond donors (Lipinski definition) is 1. The molecule has 0 amide bonds. The van der Waals surface area contributed by atoms with E-state index < -0.39 is 0 Å². The molecule has 1 aromatic heterocycles. The summed E-state index contributed by atoms with van der Waals surface area (Å²) in [6.07, 6.45) is 5.28. The Kier molecular flexibility index (Phi) is 5.40. The summed E-state index contributed by atoms with van der Waals surface area (Å²) in [5.41, 5.74) is 0.984. The molecule has 0 aromatic carbocycles. The molecule has 0 saturated carbocycles. The van der Waals surface area contributed by atoms with Crippen LogP contribution in [0.25, 0.3) is 0 Å². The molecule has 0 radical (unpaired) electrons. The van der Waals surface area contributed by atoms with Gasteiger partial charge in [0.15, 0.2) is 0 Å². The van der Waals surface area contributed by atoms with Crippen molar-refractivity contribution in [2.75, 3.05) is 0 Å². The molecule has 1 rings (SSSR count). The largest absolute Gasteiger partial charge is 0.364 e. The Morgan fingerprint density at radius 3 is 2.73 bits per heavy atom. The van der Waals surface area contributed by atoms with Gasteiger partial charge in [0.1, 0.15) is 6.26 Å². The van der Waals surface area contributed by atoms with Gasteiger partial charge < -0.3 is 9.84 Å². The van der Waals surface area contributed by atoms with Crippen LogP contribution in [0.5, 0.6) is 0 Å². The molecule has 0 bridgehead atoms. The van der Waals surface area contributed by atoms with E-state index in [1.54, 1.807) is 6.26 Å². The molecule has 0 fully saturated rings. The fourth-order valence-electron chi connectivity index (χ4n) is 1.62. The summed E-state index contributed by atoms with van der Waals surface area (Å²) in [5.74, 6) is 0.791. The van der Waals surface area contributed by atoms with Gasteiger partial charge in [-0.3, -0.25) is 0 Å². The molecule has 0 aliphatic heterocycles. The molecular weight excluding hydrogens is 188 g/mol. The van der Waals surface area contributed by atoms with E-state index in [0.717, 1.165) is 18.2 Å². The summed E-state index contributed by atoms with van der Waals surface area (Å²) in [7, 11) is 0. The van der Waals surface area contributed by atoms with E-state index in [1.807, 2.05) is 6.07 Å². The first-order valence-corrected chi connectivity index (χ1v) is 5.88. The van der Waals surface area contributed by atoms with Gasteiger partial charge in [-0.15, -0.1) is 0 Å². The summed E-state index contributed by atoms with van der Waals surface area (Å²) in [5, 5.41) is 7.40. The first-order chi connectivity index (χ1) is 7.26. The molecular formula is C12H22N2O. The van der Waals surface area contributed by atoms with Crippen molar-refractivity contribution < 1.29 is 4.52 Å². The topological polar surface area (TPSA) is 38.1 Å². The highest BCUT2D eigenvalue weighted by molar-refractivity contribution is 4.94. The van der Waals surface area contributed by atoms with Crippen LogP contribution in [-0.2, 0) is 6.54 Å². The second-order valence-corrected chi connectivity index (χ2v) is 4.23. The van der Waals surface area contributed by atoms with Crippen LogP contribution in [0.3, 0.4) is 0 Å². The third-order valence-corrected chi connectivity index (χ3v) is 2.94. The zero-order chi connectivity index (χ0) is 11.1. The van der Waals surface area contributed by atoms with Crippen LogP contribution in [0, 0.1) is 5.92 Å². The number of nitrogens with zero attached hydrogens (tertiary/aromatic N) is 1. The lowest BCUT2D eigenvalue weighted by molar-refractivity contribution is 0.371. The van der Waals surface area contributed by atoms with E-state index in [2.05, 4.69) is 31.2 Å². The standard InChI is InChI=1S/C12H22N2O/c1-4-10(3)8-11(5-2)13-9-12-6-7-15-14-12/h6-7,10-11,13H,4-5,8-9H2,1-3H3. The van der Waals surface area contributed by atoms with Gasteiger partial charge in [-0.1, -0.05) is 32.3 Å². The summed E-state index contributed by atoms with van der Waals surface area (Å²) in [4.78, 5) is 0. The molecule has 15 heavy (non-hydrogen) atoms. The molecule has 0 saturated heterocycles. The van der Waals surface area contributed by atoms with Crippen LogP contribution in [0.1, 0.15) is 45.7 Å². The Labute approximate surface area is 92.2 Å². The third-order valence-electron chi connectivity index (χ3n) is 2.94. The minimum atomic E-state index is 0.594. The summed E-state index contributed by atoms with van der Waals surface area (Å²) in [6.45, 7) is 7.59. The van der Waals surface area contributed by atoms with E-state index in [9.17, 15) is 0 Å². The van der Waals surface area contributed by atoms with Crippen molar-refractivity contribution in [1.29, 1.82) is 0 Å². The summed E-state index contributed by atoms with van der Waals surface area (Å²) in [6, 6.07) is 2.50. The number of rotatable bonds is 7. The van der Waals surface area contributed by atoms with E-state index in [4.69, 9.17) is 4.52 Å². The van der Waals surface area contributed by atoms with Crippen LogP contribution in [-0.4, -0.2) is 11.2 Å². The van der Waals surface area contributed by atoms with Crippen molar-refractivity contribution >= 4 is 0 Å². The molecule has 1 N–H and O–H groups in total. The second kappa shape index (κ2) is 6.62. The predicted molar refractivity (Wildman–Crippen MR) is 61.5 cm³/mol. The molecule has 0 aliphatic carbocycles. The molecule has 1 aromatic rings. The predicted octanol–water partition coefficient (Wildman–Crippen LogP) is 2.98. The smallest absolute Gasteiger partial charge is 0.124 e. The zero-order valence-corrected chi connectivity index (χ0v) is 9.99. The normalized spacial score (nSPS) is 15.1. The van der Waals surface area contributed by atoms with Crippen LogP contribution >= 0.6 is 0 Å². The number of aromatic nitrogens is 1. The van der Waals surface area contributed by atoms with Gasteiger partial charge in [0.2, 0.25) is 0 Å². The zero-order valence-electron chi connectivity index (χ0n) is 9.99. The second-order valence-electron chi connectivity index (χ2n) is 4.23. The molecule has 1 heterocycles. The lowest BCUT2D eigenvalue weighted by Gasteiger charge is -2.19. The molecule has 0 spiro atoms. The summed E-state index contributed by atoms with van der Waals surface area (Å²) >= 11 is 0. The first-order valence-electron chi connectivity index (χ1n) is 5.88. The van der Waals surface area contributed by atoms with E-state index in [0.29, 0.717) is 6.04 Å². The van der Waals surface area contributed by atoms with Gasteiger partial charge >= 0.3 is 0 Å². The van der Waals surface area contributed by atoms with Gasteiger partial charge in [-0.2, -0.15) is 0 Å². The van der Waals surface area contributed by atoms with Crippen molar-refractivity contribution in [1.82, 2.24) is 10.5 Å². The fourth-order valence-corrected chi connectivity index (χ4v) is 1.62. The molecule has 2 unspecified atom stereocenters. The van der Waals surface area contributed by atoms with Crippen molar-refractivity contribution in [2.45, 2.75) is 52.6 Å². The third kappa shape index (κ3) is 4.47. The Bertz CT molecular complexity index is 246. The first kappa shape index (κ1) is 12.2. The lowest BCUT2D eigenvalue weighted by atomic mass is 9.98. The maximum absolute atomic E-state index is 4.79. The average molecular weight is 210 g/mol. The quantitative estimate of drug-likeness (QED) is 0.752. The van der Waals surface area contributed by atoms with Gasteiger partial charge in [-0.25, -0.2) is 0 Å². The highest BCUT2D eigenvalue weighted by atomic mass is 16.5. The van der Waals surface area contributed by atoms with E-state index in [-0.39, 0.29) is 0 Å². The molecule has 86 valence electrons. The summed E-state index contributed by atoms with van der Waals surface area (Å²) < 4.78 is 4.79. The maximum atomic E-state index is 4.79. The Morgan fingerprint density at radius 1 is 1.40 bits per heavy atom. The van der Waals surface area contributed by atoms with Crippen molar-refractivity contribution in [3.63, 3.8) is 0 Å². The molecule has 3 nitrogen and oxygen atoms in total. The Balaban J connectivity index is 2.27. The SMILES string of the molecule is CCC(C)CC(CC)NCc1ccon1. The van der Waals surface area contributed by atoms with E-state index in [1.165, 1.54) is 19.3 Å². The highest BCUT2D eigenvalue weighted by Gasteiger charge is 2.10. The fraction of sp³-hybridized carbons (Fsp3) is 0.750. The van der Waals surface area contributed by atoms with Crippen LogP contribution < -0.4 is 5.32 Å². The lowest BCUT2D eigenvalue weighted by Crippen LogP contribution is -2.29. The Hall–Kier alpha value is -0.830. The van der Waals surface area contributed by atoms with Crippen molar-refractivity contribution in [2.24, 2.45) is 5.92 Å². The highest BCUT2D eigenvalue weighted by Crippen LogP contribution is 2.12. The molecule has 3 heteroatoms. The van der Waals surface area contributed by atoms with Crippen molar-refractivity contribution in [3.8, 4) is 0 Å². The van der Waals surface area contributed by atoms with Gasteiger partial charge in [-0.05, 0) is 18.8 Å². The van der Waals surface area contributed by atoms with E-state index >= 15 is 0 Å². The van der Waals surface area contributed by atoms with Crippen LogP contribution in [0.4, 0.5) is 0 Å². The maximum Gasteiger partial charge on any atom is 0.124 e. The van der Waals surface area contributed by atoms with Crippen LogP contribution in [0.2, 0.25) is 0 Å². The monoisotopic (exact) mass is 210 g/mol. The van der Waals surface area contributed by atoms with Gasteiger partial charge in [0, 0.05) is 18.7 Å². The number of nitrogens with one attached hydrogen (secondary N) is 1. The molecule has 2 atom stereocenters. The van der Waals surface area contributed by atoms with Crippen LogP contribution in [0.15, 0.2) is 16.9 Å². The minimum absolute atomic E-state index is 0.594. The van der Waals surface area contributed by atoms with Gasteiger partial charge in [0.25, 0.3) is 0 Å². The number of hydrogen-bond acceptors (Lipinski definition) is 3.